The highest BCUT2D eigenvalue weighted by molar-refractivity contribution is 7.99. The van der Waals surface area contributed by atoms with Gasteiger partial charge >= 0.3 is 0 Å². The average Bonchev–Trinajstić information content (AvgIpc) is 3.17. The van der Waals surface area contributed by atoms with Crippen molar-refractivity contribution in [1.29, 1.82) is 0 Å². The Morgan fingerprint density at radius 1 is 1.10 bits per heavy atom. The molecule has 0 bridgehead atoms. The van der Waals surface area contributed by atoms with Crippen LogP contribution in [0.15, 0.2) is 59.8 Å². The van der Waals surface area contributed by atoms with Crippen molar-refractivity contribution in [3.8, 4) is 17.1 Å². The van der Waals surface area contributed by atoms with Crippen molar-refractivity contribution in [3.05, 3.63) is 59.6 Å². The standard InChI is InChI=1S/C22H23ClN4OS/c1-16-7-5-6-14-26(16)20(28)15-29-22-25-24-21(17-10-12-18(23)13-11-17)27(22)19-8-3-2-4-9-19/h2-4,8-13,16H,5-7,14-15H2,1H3/t16-/m1/s1. The van der Waals surface area contributed by atoms with Gasteiger partial charge in [-0.25, -0.2) is 0 Å². The first-order valence-corrected chi connectivity index (χ1v) is 11.2. The van der Waals surface area contributed by atoms with E-state index in [-0.39, 0.29) is 5.91 Å². The zero-order chi connectivity index (χ0) is 20.2. The van der Waals surface area contributed by atoms with Crippen molar-refractivity contribution in [1.82, 2.24) is 19.7 Å². The van der Waals surface area contributed by atoms with Gasteiger partial charge in [-0.2, -0.15) is 0 Å². The number of thioether (sulfide) groups is 1. The van der Waals surface area contributed by atoms with E-state index < -0.39 is 0 Å². The van der Waals surface area contributed by atoms with Gasteiger partial charge in [0, 0.05) is 28.9 Å². The van der Waals surface area contributed by atoms with Gasteiger partial charge in [-0.15, -0.1) is 10.2 Å². The van der Waals surface area contributed by atoms with Crippen LogP contribution in [0.3, 0.4) is 0 Å². The molecule has 1 aromatic heterocycles. The fourth-order valence-electron chi connectivity index (χ4n) is 3.64. The van der Waals surface area contributed by atoms with E-state index in [0.717, 1.165) is 36.5 Å². The molecule has 0 aliphatic carbocycles. The molecule has 3 aromatic rings. The van der Waals surface area contributed by atoms with E-state index in [0.29, 0.717) is 22.0 Å². The predicted octanol–water partition coefficient (Wildman–Crippen LogP) is 5.08. The summed E-state index contributed by atoms with van der Waals surface area (Å²) in [6, 6.07) is 17.8. The van der Waals surface area contributed by atoms with Crippen LogP contribution in [0, 0.1) is 0 Å². The number of hydrogen-bond acceptors (Lipinski definition) is 4. The van der Waals surface area contributed by atoms with Crippen molar-refractivity contribution in [2.24, 2.45) is 0 Å². The lowest BCUT2D eigenvalue weighted by Gasteiger charge is -2.33. The maximum absolute atomic E-state index is 12.8. The maximum atomic E-state index is 12.8. The van der Waals surface area contributed by atoms with Gasteiger partial charge < -0.3 is 4.90 Å². The number of para-hydroxylation sites is 1. The zero-order valence-corrected chi connectivity index (χ0v) is 17.9. The highest BCUT2D eigenvalue weighted by Crippen LogP contribution is 2.29. The quantitative estimate of drug-likeness (QED) is 0.534. The third-order valence-corrected chi connectivity index (χ3v) is 6.36. The lowest BCUT2D eigenvalue weighted by Crippen LogP contribution is -2.42. The summed E-state index contributed by atoms with van der Waals surface area (Å²) in [5.41, 5.74) is 1.89. The van der Waals surface area contributed by atoms with E-state index in [2.05, 4.69) is 17.1 Å². The van der Waals surface area contributed by atoms with Crippen LogP contribution in [-0.4, -0.2) is 43.9 Å². The summed E-state index contributed by atoms with van der Waals surface area (Å²) < 4.78 is 2.00. The van der Waals surface area contributed by atoms with Crippen LogP contribution in [0.1, 0.15) is 26.2 Å². The molecule has 1 aliphatic heterocycles. The summed E-state index contributed by atoms with van der Waals surface area (Å²) in [5.74, 6) is 1.25. The van der Waals surface area contributed by atoms with Crippen LogP contribution in [0.4, 0.5) is 0 Å². The summed E-state index contributed by atoms with van der Waals surface area (Å²) in [5, 5.41) is 10.2. The molecule has 7 heteroatoms. The predicted molar refractivity (Wildman–Crippen MR) is 118 cm³/mol. The Balaban J connectivity index is 1.61. The molecule has 0 saturated carbocycles. The Morgan fingerprint density at radius 2 is 1.86 bits per heavy atom. The van der Waals surface area contributed by atoms with Gasteiger partial charge in [0.1, 0.15) is 0 Å². The highest BCUT2D eigenvalue weighted by Gasteiger charge is 2.24. The lowest BCUT2D eigenvalue weighted by molar-refractivity contribution is -0.131. The number of hydrogen-bond donors (Lipinski definition) is 0. The molecule has 0 radical (unpaired) electrons. The van der Waals surface area contributed by atoms with E-state index in [1.807, 2.05) is 64.1 Å². The normalized spacial score (nSPS) is 16.8. The Bertz CT molecular complexity index is 974. The molecular formula is C22H23ClN4OS. The van der Waals surface area contributed by atoms with Gasteiger partial charge in [-0.3, -0.25) is 9.36 Å². The Kier molecular flexibility index (Phi) is 6.21. The molecule has 5 nitrogen and oxygen atoms in total. The van der Waals surface area contributed by atoms with Gasteiger partial charge in [0.15, 0.2) is 11.0 Å². The lowest BCUT2D eigenvalue weighted by atomic mass is 10.0. The van der Waals surface area contributed by atoms with Crippen molar-refractivity contribution < 1.29 is 4.79 Å². The van der Waals surface area contributed by atoms with Crippen LogP contribution < -0.4 is 0 Å². The molecule has 2 aromatic carbocycles. The van der Waals surface area contributed by atoms with E-state index >= 15 is 0 Å². The molecule has 0 unspecified atom stereocenters. The molecule has 1 atom stereocenters. The number of likely N-dealkylation sites (tertiary alicyclic amines) is 1. The van der Waals surface area contributed by atoms with Crippen molar-refractivity contribution in [2.75, 3.05) is 12.3 Å². The maximum Gasteiger partial charge on any atom is 0.233 e. The van der Waals surface area contributed by atoms with Gasteiger partial charge in [0.25, 0.3) is 0 Å². The van der Waals surface area contributed by atoms with Crippen molar-refractivity contribution in [3.63, 3.8) is 0 Å². The Morgan fingerprint density at radius 3 is 2.59 bits per heavy atom. The first kappa shape index (κ1) is 20.0. The molecular weight excluding hydrogens is 404 g/mol. The number of aromatic nitrogens is 3. The van der Waals surface area contributed by atoms with E-state index in [1.54, 1.807) is 0 Å². The number of amides is 1. The highest BCUT2D eigenvalue weighted by atomic mass is 35.5. The second-order valence-electron chi connectivity index (χ2n) is 7.20. The summed E-state index contributed by atoms with van der Waals surface area (Å²) >= 11 is 7.48. The second-order valence-corrected chi connectivity index (χ2v) is 8.58. The number of halogens is 1. The monoisotopic (exact) mass is 426 g/mol. The van der Waals surface area contributed by atoms with Gasteiger partial charge in [-0.1, -0.05) is 41.6 Å². The van der Waals surface area contributed by atoms with Crippen LogP contribution in [-0.2, 0) is 4.79 Å². The van der Waals surface area contributed by atoms with Crippen LogP contribution in [0.5, 0.6) is 0 Å². The number of piperidine rings is 1. The van der Waals surface area contributed by atoms with Gasteiger partial charge in [-0.05, 0) is 62.6 Å². The number of rotatable bonds is 5. The van der Waals surface area contributed by atoms with Crippen LogP contribution >= 0.6 is 23.4 Å². The molecule has 1 saturated heterocycles. The minimum Gasteiger partial charge on any atom is -0.339 e. The molecule has 1 fully saturated rings. The molecule has 29 heavy (non-hydrogen) atoms. The SMILES string of the molecule is C[C@@H]1CCCCN1C(=O)CSc1nnc(-c2ccc(Cl)cc2)n1-c1ccccc1. The molecule has 0 spiro atoms. The Hall–Kier alpha value is -2.31. The summed E-state index contributed by atoms with van der Waals surface area (Å²) in [6.07, 6.45) is 3.36. The minimum atomic E-state index is 0.165. The van der Waals surface area contributed by atoms with Crippen LogP contribution in [0.25, 0.3) is 17.1 Å². The van der Waals surface area contributed by atoms with Crippen molar-refractivity contribution in [2.45, 2.75) is 37.4 Å². The summed E-state index contributed by atoms with van der Waals surface area (Å²) in [4.78, 5) is 14.8. The molecule has 150 valence electrons. The number of carbonyl (C=O) groups is 1. The third-order valence-electron chi connectivity index (χ3n) is 5.20. The minimum absolute atomic E-state index is 0.165. The van der Waals surface area contributed by atoms with Crippen LogP contribution in [0.2, 0.25) is 5.02 Å². The third kappa shape index (κ3) is 4.49. The number of carbonyl (C=O) groups excluding carboxylic acids is 1. The topological polar surface area (TPSA) is 51.0 Å². The van der Waals surface area contributed by atoms with Gasteiger partial charge in [0.05, 0.1) is 5.75 Å². The number of nitrogens with zero attached hydrogens (tertiary/aromatic N) is 4. The molecule has 1 amide bonds. The number of benzene rings is 2. The molecule has 2 heterocycles. The fraction of sp³-hybridized carbons (Fsp3) is 0.318. The average molecular weight is 427 g/mol. The second kappa shape index (κ2) is 9.01. The smallest absolute Gasteiger partial charge is 0.233 e. The summed E-state index contributed by atoms with van der Waals surface area (Å²) in [6.45, 7) is 2.98. The Labute approximate surface area is 180 Å². The molecule has 1 aliphatic rings. The fourth-order valence-corrected chi connectivity index (χ4v) is 4.60. The summed E-state index contributed by atoms with van der Waals surface area (Å²) in [7, 11) is 0. The van der Waals surface area contributed by atoms with Crippen molar-refractivity contribution >= 4 is 29.3 Å². The van der Waals surface area contributed by atoms with Gasteiger partial charge in [0.2, 0.25) is 5.91 Å². The van der Waals surface area contributed by atoms with E-state index in [1.165, 1.54) is 18.2 Å². The first-order valence-electron chi connectivity index (χ1n) is 9.82. The zero-order valence-electron chi connectivity index (χ0n) is 16.3. The van der Waals surface area contributed by atoms with E-state index in [4.69, 9.17) is 11.6 Å². The first-order chi connectivity index (χ1) is 14.1. The molecule has 0 N–H and O–H groups in total. The largest absolute Gasteiger partial charge is 0.339 e. The molecule has 4 rings (SSSR count). The van der Waals surface area contributed by atoms with E-state index in [9.17, 15) is 4.79 Å².